The van der Waals surface area contributed by atoms with Gasteiger partial charge in [0.25, 0.3) is 0 Å². The van der Waals surface area contributed by atoms with E-state index in [2.05, 4.69) is 35.7 Å². The van der Waals surface area contributed by atoms with Crippen molar-refractivity contribution in [3.05, 3.63) is 46.5 Å². The van der Waals surface area contributed by atoms with E-state index in [9.17, 15) is 0 Å². The summed E-state index contributed by atoms with van der Waals surface area (Å²) in [6, 6.07) is 0. The average molecular weight is 285 g/mol. The van der Waals surface area contributed by atoms with Crippen molar-refractivity contribution in [2.75, 3.05) is 13.2 Å². The summed E-state index contributed by atoms with van der Waals surface area (Å²) in [5.74, 6) is 0. The lowest BCUT2D eigenvalue weighted by molar-refractivity contribution is -0.00943. The van der Waals surface area contributed by atoms with Gasteiger partial charge in [-0.1, -0.05) is 25.3 Å². The lowest BCUT2D eigenvalue weighted by atomic mass is 10.0. The van der Waals surface area contributed by atoms with Crippen LogP contribution in [0, 0.1) is 0 Å². The Morgan fingerprint density at radius 2 is 1.56 bits per heavy atom. The second-order valence-electron chi connectivity index (χ2n) is 3.84. The molecule has 0 atom stereocenters. The van der Waals surface area contributed by atoms with Crippen molar-refractivity contribution in [2.45, 2.75) is 20.1 Å². The Labute approximate surface area is 105 Å². The van der Waals surface area contributed by atoms with Crippen molar-refractivity contribution in [1.29, 1.82) is 0 Å². The molecular formula is C13H17BrO2. The van der Waals surface area contributed by atoms with E-state index in [1.165, 1.54) is 0 Å². The Morgan fingerprint density at radius 1 is 1.06 bits per heavy atom. The van der Waals surface area contributed by atoms with E-state index in [-0.39, 0.29) is 6.29 Å². The molecule has 3 heteroatoms. The molecule has 0 aromatic carbocycles. The third kappa shape index (κ3) is 2.94. The van der Waals surface area contributed by atoms with Crippen LogP contribution in [0.25, 0.3) is 0 Å². The fraction of sp³-hybridized carbons (Fsp3) is 0.385. The Bertz CT molecular complexity index is 360. The van der Waals surface area contributed by atoms with E-state index in [0.717, 1.165) is 26.8 Å². The molecule has 0 radical (unpaired) electrons. The highest BCUT2D eigenvalue weighted by Crippen LogP contribution is 2.32. The van der Waals surface area contributed by atoms with Crippen molar-refractivity contribution in [3.63, 3.8) is 0 Å². The van der Waals surface area contributed by atoms with E-state index in [1.807, 2.05) is 13.8 Å². The molecule has 0 unspecified atom stereocenters. The lowest BCUT2D eigenvalue weighted by Gasteiger charge is -2.18. The predicted molar refractivity (Wildman–Crippen MR) is 70.4 cm³/mol. The number of halogens is 1. The van der Waals surface area contributed by atoms with E-state index < -0.39 is 0 Å². The Kier molecular flexibility index (Phi) is 4.71. The standard InChI is InChI=1S/C13H17BrO2/c1-8(2)10(5)12(14)11(9(3)4)13-15-6-7-16-13/h13H,1,3,5-7H2,2,4H3/b12-11-. The molecular weight excluding hydrogens is 268 g/mol. The summed E-state index contributed by atoms with van der Waals surface area (Å²) >= 11 is 3.52. The molecule has 1 rings (SSSR count). The first kappa shape index (κ1) is 13.4. The highest BCUT2D eigenvalue weighted by atomic mass is 79.9. The number of rotatable bonds is 4. The summed E-state index contributed by atoms with van der Waals surface area (Å²) in [5, 5.41) is 0. The van der Waals surface area contributed by atoms with Gasteiger partial charge in [0.1, 0.15) is 0 Å². The topological polar surface area (TPSA) is 18.5 Å². The first-order valence-electron chi connectivity index (χ1n) is 5.09. The molecule has 88 valence electrons. The number of allylic oxidation sites excluding steroid dienone is 3. The summed E-state index contributed by atoms with van der Waals surface area (Å²) in [6.07, 6.45) is -0.344. The van der Waals surface area contributed by atoms with Crippen LogP contribution >= 0.6 is 15.9 Å². The fourth-order valence-corrected chi connectivity index (χ4v) is 2.23. The van der Waals surface area contributed by atoms with Crippen molar-refractivity contribution >= 4 is 15.9 Å². The maximum Gasteiger partial charge on any atom is 0.185 e. The van der Waals surface area contributed by atoms with Crippen molar-refractivity contribution in [1.82, 2.24) is 0 Å². The normalized spacial score (nSPS) is 18.2. The van der Waals surface area contributed by atoms with Crippen LogP contribution in [-0.4, -0.2) is 19.5 Å². The van der Waals surface area contributed by atoms with Crippen molar-refractivity contribution in [3.8, 4) is 0 Å². The minimum Gasteiger partial charge on any atom is -0.346 e. The van der Waals surface area contributed by atoms with Gasteiger partial charge in [0.05, 0.1) is 13.2 Å². The number of ether oxygens (including phenoxy) is 2. The van der Waals surface area contributed by atoms with Gasteiger partial charge >= 0.3 is 0 Å². The lowest BCUT2D eigenvalue weighted by Crippen LogP contribution is -2.14. The zero-order chi connectivity index (χ0) is 12.3. The molecule has 0 saturated carbocycles. The highest BCUT2D eigenvalue weighted by Gasteiger charge is 2.24. The van der Waals surface area contributed by atoms with Gasteiger partial charge in [-0.2, -0.15) is 0 Å². The molecule has 1 fully saturated rings. The first-order valence-corrected chi connectivity index (χ1v) is 5.88. The maximum absolute atomic E-state index is 5.49. The van der Waals surface area contributed by atoms with Gasteiger partial charge in [0, 0.05) is 10.1 Å². The molecule has 0 aromatic rings. The summed E-state index contributed by atoms with van der Waals surface area (Å²) in [5.41, 5.74) is 3.56. The zero-order valence-electron chi connectivity index (χ0n) is 9.81. The Balaban J connectivity index is 3.08. The summed E-state index contributed by atoms with van der Waals surface area (Å²) in [7, 11) is 0. The van der Waals surface area contributed by atoms with Crippen LogP contribution in [0.1, 0.15) is 13.8 Å². The minimum atomic E-state index is -0.344. The molecule has 2 nitrogen and oxygen atoms in total. The maximum atomic E-state index is 5.49. The van der Waals surface area contributed by atoms with Crippen LogP contribution in [0.3, 0.4) is 0 Å². The van der Waals surface area contributed by atoms with Gasteiger partial charge in [0.15, 0.2) is 6.29 Å². The van der Waals surface area contributed by atoms with Gasteiger partial charge in [0.2, 0.25) is 0 Å². The quantitative estimate of drug-likeness (QED) is 0.733. The summed E-state index contributed by atoms with van der Waals surface area (Å²) in [4.78, 5) is 0. The van der Waals surface area contributed by atoms with E-state index >= 15 is 0 Å². The van der Waals surface area contributed by atoms with Crippen LogP contribution in [-0.2, 0) is 9.47 Å². The third-order valence-corrected chi connectivity index (χ3v) is 3.24. The van der Waals surface area contributed by atoms with Crippen LogP contribution in [0.2, 0.25) is 0 Å². The molecule has 0 aromatic heterocycles. The Morgan fingerprint density at radius 3 is 1.94 bits per heavy atom. The zero-order valence-corrected chi connectivity index (χ0v) is 11.4. The fourth-order valence-electron chi connectivity index (χ4n) is 1.37. The molecule has 0 aliphatic carbocycles. The van der Waals surface area contributed by atoms with Crippen LogP contribution in [0.4, 0.5) is 0 Å². The monoisotopic (exact) mass is 284 g/mol. The third-order valence-electron chi connectivity index (χ3n) is 2.33. The summed E-state index contributed by atoms with van der Waals surface area (Å²) < 4.78 is 11.8. The molecule has 0 spiro atoms. The van der Waals surface area contributed by atoms with Crippen LogP contribution < -0.4 is 0 Å². The second kappa shape index (κ2) is 5.62. The molecule has 0 bridgehead atoms. The molecule has 1 aliphatic rings. The number of hydrogen-bond donors (Lipinski definition) is 0. The van der Waals surface area contributed by atoms with E-state index in [1.54, 1.807) is 0 Å². The predicted octanol–water partition coefficient (Wildman–Crippen LogP) is 3.72. The Hall–Kier alpha value is -0.640. The second-order valence-corrected chi connectivity index (χ2v) is 4.63. The molecule has 1 aliphatic heterocycles. The number of hydrogen-bond acceptors (Lipinski definition) is 2. The van der Waals surface area contributed by atoms with Crippen molar-refractivity contribution in [2.24, 2.45) is 0 Å². The van der Waals surface area contributed by atoms with Crippen LogP contribution in [0.5, 0.6) is 0 Å². The van der Waals surface area contributed by atoms with Crippen LogP contribution in [0.15, 0.2) is 46.5 Å². The highest BCUT2D eigenvalue weighted by molar-refractivity contribution is 9.12. The first-order chi connectivity index (χ1) is 7.45. The summed E-state index contributed by atoms with van der Waals surface area (Å²) in [6.45, 7) is 16.8. The molecule has 0 N–H and O–H groups in total. The smallest absolute Gasteiger partial charge is 0.185 e. The van der Waals surface area contributed by atoms with E-state index in [4.69, 9.17) is 9.47 Å². The molecule has 1 heterocycles. The van der Waals surface area contributed by atoms with Gasteiger partial charge < -0.3 is 9.47 Å². The van der Waals surface area contributed by atoms with Gasteiger partial charge in [-0.3, -0.25) is 0 Å². The van der Waals surface area contributed by atoms with E-state index in [0.29, 0.717) is 13.2 Å². The van der Waals surface area contributed by atoms with Gasteiger partial charge in [-0.05, 0) is 40.9 Å². The molecule has 1 saturated heterocycles. The van der Waals surface area contributed by atoms with Crippen molar-refractivity contribution < 1.29 is 9.47 Å². The molecule has 16 heavy (non-hydrogen) atoms. The van der Waals surface area contributed by atoms with Gasteiger partial charge in [-0.15, -0.1) is 0 Å². The average Bonchev–Trinajstić information content (AvgIpc) is 2.69. The molecule has 0 amide bonds. The minimum absolute atomic E-state index is 0.344. The van der Waals surface area contributed by atoms with Gasteiger partial charge in [-0.25, -0.2) is 0 Å². The SMILES string of the molecule is C=C(C)C(=C)/C(Br)=C(\C(=C)C)C1OCCO1. The largest absolute Gasteiger partial charge is 0.346 e.